The predicted octanol–water partition coefficient (Wildman–Crippen LogP) is -10.5. The molecule has 0 spiro atoms. The number of hydrogen-bond donors (Lipinski definition) is 24. The van der Waals surface area contributed by atoms with Crippen LogP contribution in [0.2, 0.25) is 0 Å². The van der Waals surface area contributed by atoms with Crippen LogP contribution in [-0.2, 0) is 19.2 Å². The van der Waals surface area contributed by atoms with Gasteiger partial charge in [0.05, 0.1) is 66.1 Å². The first-order valence-electron chi connectivity index (χ1n) is 16.0. The first kappa shape index (κ1) is 76.7. The van der Waals surface area contributed by atoms with Crippen molar-refractivity contribution in [3.8, 4) is 0 Å². The Morgan fingerprint density at radius 3 is 0.333 bits per heavy atom. The third-order valence-electron chi connectivity index (χ3n) is 4.79. The third kappa shape index (κ3) is 78.4. The zero-order valence-electron chi connectivity index (χ0n) is 32.3. The van der Waals surface area contributed by atoms with Crippen molar-refractivity contribution in [1.29, 1.82) is 0 Å². The van der Waals surface area contributed by atoms with Crippen LogP contribution >= 0.6 is 0 Å². The summed E-state index contributed by atoms with van der Waals surface area (Å²) in [6, 6.07) is 0. The highest BCUT2D eigenvalue weighted by atomic mass is 16.4. The molecule has 0 aliphatic heterocycles. The molecule has 0 aromatic carbocycles. The lowest BCUT2D eigenvalue weighted by Crippen LogP contribution is -2.31. The lowest BCUT2D eigenvalue weighted by molar-refractivity contribution is -0.132. The van der Waals surface area contributed by atoms with Crippen molar-refractivity contribution < 1.29 is 142 Å². The molecule has 0 aromatic heterocycles. The Bertz CT molecular complexity index is 781. The van der Waals surface area contributed by atoms with Crippen molar-refractivity contribution in [1.82, 2.24) is 0 Å². The van der Waals surface area contributed by atoms with E-state index < -0.39 is 151 Å². The second kappa shape index (κ2) is 59.4. The van der Waals surface area contributed by atoms with E-state index in [9.17, 15) is 19.2 Å². The minimum atomic E-state index is -1.22. The molecular formula is C32H66O28. The minimum Gasteiger partial charge on any atom is -0.478 e. The molecule has 0 heterocycles. The van der Waals surface area contributed by atoms with Gasteiger partial charge in [0.2, 0.25) is 0 Å². The normalized spacial score (nSPS) is 14.1. The first-order chi connectivity index (χ1) is 27.7. The van der Waals surface area contributed by atoms with E-state index in [4.69, 9.17) is 123 Å². The van der Waals surface area contributed by atoms with E-state index in [2.05, 4.69) is 26.3 Å². The average Bonchev–Trinajstić information content (AvgIpc) is 3.27. The van der Waals surface area contributed by atoms with Gasteiger partial charge < -0.3 is 123 Å². The summed E-state index contributed by atoms with van der Waals surface area (Å²) in [5.41, 5.74) is 0. The van der Waals surface area contributed by atoms with Crippen molar-refractivity contribution in [3.63, 3.8) is 0 Å². The molecule has 24 N–H and O–H groups in total. The highest BCUT2D eigenvalue weighted by Crippen LogP contribution is 1.91. The van der Waals surface area contributed by atoms with Gasteiger partial charge in [0, 0.05) is 24.3 Å². The summed E-state index contributed by atoms with van der Waals surface area (Å²) in [6.45, 7) is 6.58. The summed E-state index contributed by atoms with van der Waals surface area (Å²) in [4.78, 5) is 37.0. The molecule has 0 bridgehead atoms. The Labute approximate surface area is 343 Å². The van der Waals surface area contributed by atoms with Crippen molar-refractivity contribution in [2.75, 3.05) is 66.1 Å². The van der Waals surface area contributed by atoms with Gasteiger partial charge in [-0.3, -0.25) is 0 Å². The number of carbonyl (C=O) groups is 4. The summed E-state index contributed by atoms with van der Waals surface area (Å²) >= 11 is 0. The maximum Gasteiger partial charge on any atom is 0.327 e. The third-order valence-corrected chi connectivity index (χ3v) is 4.79. The molecule has 0 unspecified atom stereocenters. The molecule has 28 heteroatoms. The van der Waals surface area contributed by atoms with Crippen molar-refractivity contribution >= 4 is 23.9 Å². The molecule has 0 radical (unpaired) electrons. The quantitative estimate of drug-likeness (QED) is 0.0535. The maximum absolute atomic E-state index is 9.25. The standard InChI is InChI=1S/5C4H10O4.4C3H4O2/c5*5-1-3(7)4(8)2-6;4*1-2-3(4)5/h5*3-8H,1-2H2;4*2H,1H2,(H,4,5)/t5*3-,4+;;;;. The topological polar surface area (TPSA) is 554 Å². The van der Waals surface area contributed by atoms with E-state index in [-0.39, 0.29) is 0 Å². The molecule has 0 rings (SSSR count). The number of aliphatic hydroxyl groups excluding tert-OH is 20. The number of hydrogen-bond acceptors (Lipinski definition) is 24. The SMILES string of the molecule is C=CC(=O)O.C=CC(=O)O.C=CC(=O)O.C=CC(=O)O.OC[C@@H](O)[C@@H](O)CO.OC[C@@H](O)[C@@H](O)CO.OC[C@@H](O)[C@@H](O)CO.OC[C@@H](O)[C@@H](O)CO.OC[C@@H](O)[C@@H](O)CO. The Kier molecular flexibility index (Phi) is 75.9. The molecular weight excluding hydrogens is 832 g/mol. The summed E-state index contributed by atoms with van der Waals surface area (Å²) < 4.78 is 0. The lowest BCUT2D eigenvalue weighted by Gasteiger charge is -2.10. The molecule has 28 nitrogen and oxygen atoms in total. The molecule has 362 valence electrons. The molecule has 0 saturated heterocycles. The summed E-state index contributed by atoms with van der Waals surface area (Å²) in [5, 5.41) is 196. The van der Waals surface area contributed by atoms with Gasteiger partial charge in [-0.25, -0.2) is 19.2 Å². The van der Waals surface area contributed by atoms with Crippen LogP contribution in [0.25, 0.3) is 0 Å². The molecule has 60 heavy (non-hydrogen) atoms. The largest absolute Gasteiger partial charge is 0.478 e. The molecule has 0 aliphatic carbocycles. The molecule has 0 amide bonds. The smallest absolute Gasteiger partial charge is 0.327 e. The fourth-order valence-electron chi connectivity index (χ4n) is 1.22. The average molecular weight is 899 g/mol. The summed E-state index contributed by atoms with van der Waals surface area (Å²) in [6.07, 6.45) is -8.89. The van der Waals surface area contributed by atoms with Crippen molar-refractivity contribution in [2.45, 2.75) is 61.0 Å². The van der Waals surface area contributed by atoms with Crippen LogP contribution in [0, 0.1) is 0 Å². The maximum atomic E-state index is 9.25. The van der Waals surface area contributed by atoms with Crippen LogP contribution in [-0.4, -0.2) is 274 Å². The monoisotopic (exact) mass is 898 g/mol. The zero-order valence-corrected chi connectivity index (χ0v) is 32.3. The number of carboxylic acids is 4. The fraction of sp³-hybridized carbons (Fsp3) is 0.625. The molecule has 0 fully saturated rings. The highest BCUT2D eigenvalue weighted by Gasteiger charge is 2.14. The molecule has 0 saturated carbocycles. The fourth-order valence-corrected chi connectivity index (χ4v) is 1.22. The zero-order chi connectivity index (χ0) is 50.0. The van der Waals surface area contributed by atoms with E-state index in [0.717, 1.165) is 24.3 Å². The number of rotatable bonds is 19. The van der Waals surface area contributed by atoms with Gasteiger partial charge in [-0.2, -0.15) is 0 Å². The van der Waals surface area contributed by atoms with E-state index in [1.165, 1.54) is 0 Å². The van der Waals surface area contributed by atoms with Gasteiger partial charge in [0.25, 0.3) is 0 Å². The van der Waals surface area contributed by atoms with Crippen LogP contribution in [0.1, 0.15) is 0 Å². The second-order valence-corrected chi connectivity index (χ2v) is 9.67. The Morgan fingerprint density at radius 2 is 0.317 bits per heavy atom. The van der Waals surface area contributed by atoms with Gasteiger partial charge in [-0.1, -0.05) is 26.3 Å². The summed E-state index contributed by atoms with van der Waals surface area (Å²) in [7, 11) is 0. The van der Waals surface area contributed by atoms with Gasteiger partial charge in [-0.05, 0) is 0 Å². The second-order valence-electron chi connectivity index (χ2n) is 9.67. The number of carboxylic acid groups (broad SMARTS) is 4. The highest BCUT2D eigenvalue weighted by molar-refractivity contribution is 5.79. The van der Waals surface area contributed by atoms with Gasteiger partial charge >= 0.3 is 23.9 Å². The Morgan fingerprint density at radius 1 is 0.267 bits per heavy atom. The van der Waals surface area contributed by atoms with Crippen molar-refractivity contribution in [2.24, 2.45) is 0 Å². The van der Waals surface area contributed by atoms with E-state index in [0.29, 0.717) is 0 Å². The van der Waals surface area contributed by atoms with E-state index in [1.54, 1.807) is 0 Å². The van der Waals surface area contributed by atoms with Gasteiger partial charge in [0.1, 0.15) is 61.0 Å². The minimum absolute atomic E-state index is 0.526. The number of aliphatic carboxylic acids is 4. The Balaban J connectivity index is -0.0000000702. The van der Waals surface area contributed by atoms with Crippen LogP contribution in [0.5, 0.6) is 0 Å². The molecule has 0 aliphatic rings. The van der Waals surface area contributed by atoms with E-state index >= 15 is 0 Å². The molecule has 0 aromatic rings. The van der Waals surface area contributed by atoms with Crippen LogP contribution in [0.3, 0.4) is 0 Å². The van der Waals surface area contributed by atoms with Crippen LogP contribution < -0.4 is 0 Å². The lowest BCUT2D eigenvalue weighted by atomic mass is 10.2. The van der Waals surface area contributed by atoms with Gasteiger partial charge in [-0.15, -0.1) is 0 Å². The summed E-state index contributed by atoms with van der Waals surface area (Å²) in [5.74, 6) is -3.93. The predicted molar refractivity (Wildman–Crippen MR) is 202 cm³/mol. The van der Waals surface area contributed by atoms with Crippen LogP contribution in [0.15, 0.2) is 50.6 Å². The van der Waals surface area contributed by atoms with Crippen molar-refractivity contribution in [3.05, 3.63) is 50.6 Å². The van der Waals surface area contributed by atoms with Gasteiger partial charge in [0.15, 0.2) is 0 Å². The van der Waals surface area contributed by atoms with Crippen LogP contribution in [0.4, 0.5) is 0 Å². The number of aliphatic hydroxyl groups is 20. The Hall–Kier alpha value is -3.96. The molecule has 10 atom stereocenters. The first-order valence-corrected chi connectivity index (χ1v) is 16.0. The van der Waals surface area contributed by atoms with E-state index in [1.807, 2.05) is 0 Å².